The molecule has 0 fully saturated rings. The van der Waals surface area contributed by atoms with Crippen LogP contribution in [0.1, 0.15) is 32.9 Å². The van der Waals surface area contributed by atoms with E-state index in [1.165, 1.54) is 18.5 Å². The van der Waals surface area contributed by atoms with Gasteiger partial charge in [-0.3, -0.25) is 4.68 Å². The third-order valence-electron chi connectivity index (χ3n) is 2.20. The molecule has 68 valence electrons. The summed E-state index contributed by atoms with van der Waals surface area (Å²) in [5.74, 6) is 0.851. The number of hydrogen-bond acceptors (Lipinski definition) is 1. The number of aryl methyl sites for hydroxylation is 1. The van der Waals surface area contributed by atoms with Gasteiger partial charge in [-0.25, -0.2) is 0 Å². The molecule has 0 saturated carbocycles. The zero-order chi connectivity index (χ0) is 8.97. The monoisotopic (exact) mass is 166 g/mol. The molecule has 0 bridgehead atoms. The smallest absolute Gasteiger partial charge is 0.0492 e. The summed E-state index contributed by atoms with van der Waals surface area (Å²) >= 11 is 0. The van der Waals surface area contributed by atoms with Gasteiger partial charge in [0.15, 0.2) is 0 Å². The number of hydrogen-bond donors (Lipinski definition) is 0. The van der Waals surface area contributed by atoms with Crippen molar-refractivity contribution < 1.29 is 0 Å². The third kappa shape index (κ3) is 1.87. The maximum absolute atomic E-state index is 4.21. The fraction of sp³-hybridized carbons (Fsp3) is 0.700. The first-order chi connectivity index (χ1) is 5.86. The minimum absolute atomic E-state index is 0.851. The summed E-state index contributed by atoms with van der Waals surface area (Å²) in [6.07, 6.45) is 4.39. The lowest BCUT2D eigenvalue weighted by Crippen LogP contribution is -2.17. The second-order valence-electron chi connectivity index (χ2n) is 3.14. The van der Waals surface area contributed by atoms with Crippen LogP contribution in [0.3, 0.4) is 0 Å². The van der Waals surface area contributed by atoms with E-state index in [1.54, 1.807) is 0 Å². The minimum Gasteiger partial charge on any atom is -0.270 e. The SMILES string of the molecule is CC.CC1CCn2nccc2C1. The van der Waals surface area contributed by atoms with Crippen LogP contribution in [0.5, 0.6) is 0 Å². The Kier molecular flexibility index (Phi) is 3.32. The molecule has 0 saturated heterocycles. The molecule has 2 rings (SSSR count). The van der Waals surface area contributed by atoms with Crippen LogP contribution >= 0.6 is 0 Å². The van der Waals surface area contributed by atoms with Crippen molar-refractivity contribution in [3.63, 3.8) is 0 Å². The molecule has 1 atom stereocenters. The van der Waals surface area contributed by atoms with E-state index >= 15 is 0 Å². The molecule has 12 heavy (non-hydrogen) atoms. The van der Waals surface area contributed by atoms with Gasteiger partial charge in [-0.05, 0) is 24.8 Å². The van der Waals surface area contributed by atoms with Crippen molar-refractivity contribution in [3.8, 4) is 0 Å². The molecule has 1 aromatic heterocycles. The van der Waals surface area contributed by atoms with Crippen LogP contribution in [0, 0.1) is 5.92 Å². The summed E-state index contributed by atoms with van der Waals surface area (Å²) in [5, 5.41) is 4.21. The van der Waals surface area contributed by atoms with Gasteiger partial charge in [0.25, 0.3) is 0 Å². The maximum Gasteiger partial charge on any atom is 0.0492 e. The van der Waals surface area contributed by atoms with Gasteiger partial charge in [0, 0.05) is 18.4 Å². The fourth-order valence-electron chi connectivity index (χ4n) is 1.54. The summed E-state index contributed by atoms with van der Waals surface area (Å²) in [6.45, 7) is 7.42. The Bertz CT molecular complexity index is 227. The third-order valence-corrected chi connectivity index (χ3v) is 2.20. The first kappa shape index (κ1) is 9.30. The predicted molar refractivity (Wildman–Crippen MR) is 51.1 cm³/mol. The summed E-state index contributed by atoms with van der Waals surface area (Å²) in [5.41, 5.74) is 1.40. The normalized spacial score (nSPS) is 20.8. The molecule has 1 aliphatic heterocycles. The molecule has 1 unspecified atom stereocenters. The number of rotatable bonds is 0. The Morgan fingerprint density at radius 3 is 3.00 bits per heavy atom. The zero-order valence-electron chi connectivity index (χ0n) is 8.25. The van der Waals surface area contributed by atoms with E-state index in [0.29, 0.717) is 0 Å². The molecule has 1 aliphatic rings. The molecule has 2 heteroatoms. The first-order valence-electron chi connectivity index (χ1n) is 4.87. The molecular weight excluding hydrogens is 148 g/mol. The Morgan fingerprint density at radius 1 is 1.50 bits per heavy atom. The van der Waals surface area contributed by atoms with Crippen LogP contribution in [0.4, 0.5) is 0 Å². The lowest BCUT2D eigenvalue weighted by molar-refractivity contribution is 0.391. The maximum atomic E-state index is 4.21. The van der Waals surface area contributed by atoms with E-state index in [9.17, 15) is 0 Å². The van der Waals surface area contributed by atoms with Crippen LogP contribution in [0.2, 0.25) is 0 Å². The Hall–Kier alpha value is -0.790. The van der Waals surface area contributed by atoms with Gasteiger partial charge in [0.05, 0.1) is 0 Å². The molecule has 2 heterocycles. The van der Waals surface area contributed by atoms with Crippen molar-refractivity contribution in [1.29, 1.82) is 0 Å². The van der Waals surface area contributed by atoms with E-state index in [0.717, 1.165) is 12.5 Å². The van der Waals surface area contributed by atoms with Crippen molar-refractivity contribution in [1.82, 2.24) is 9.78 Å². The van der Waals surface area contributed by atoms with Crippen LogP contribution in [0.15, 0.2) is 12.3 Å². The van der Waals surface area contributed by atoms with Gasteiger partial charge in [0.1, 0.15) is 0 Å². The highest BCUT2D eigenvalue weighted by molar-refractivity contribution is 5.03. The molecular formula is C10H18N2. The molecule has 0 aromatic carbocycles. The van der Waals surface area contributed by atoms with Gasteiger partial charge in [-0.2, -0.15) is 5.10 Å². The number of aromatic nitrogens is 2. The Morgan fingerprint density at radius 2 is 2.25 bits per heavy atom. The van der Waals surface area contributed by atoms with Crippen LogP contribution in [0.25, 0.3) is 0 Å². The van der Waals surface area contributed by atoms with Gasteiger partial charge in [-0.15, -0.1) is 0 Å². The van der Waals surface area contributed by atoms with Crippen molar-refractivity contribution >= 4 is 0 Å². The molecule has 0 aliphatic carbocycles. The number of nitrogens with zero attached hydrogens (tertiary/aromatic N) is 2. The molecule has 0 N–H and O–H groups in total. The number of fused-ring (bicyclic) bond motifs is 1. The minimum atomic E-state index is 0.851. The molecule has 0 radical (unpaired) electrons. The van der Waals surface area contributed by atoms with Gasteiger partial charge in [0.2, 0.25) is 0 Å². The first-order valence-corrected chi connectivity index (χ1v) is 4.87. The van der Waals surface area contributed by atoms with Crippen LogP contribution in [-0.4, -0.2) is 9.78 Å². The van der Waals surface area contributed by atoms with E-state index in [-0.39, 0.29) is 0 Å². The average molecular weight is 166 g/mol. The highest BCUT2D eigenvalue weighted by atomic mass is 15.3. The lowest BCUT2D eigenvalue weighted by Gasteiger charge is -2.18. The van der Waals surface area contributed by atoms with Crippen LogP contribution < -0.4 is 0 Å². The van der Waals surface area contributed by atoms with E-state index in [4.69, 9.17) is 0 Å². The van der Waals surface area contributed by atoms with Gasteiger partial charge >= 0.3 is 0 Å². The van der Waals surface area contributed by atoms with Gasteiger partial charge in [-0.1, -0.05) is 20.8 Å². The van der Waals surface area contributed by atoms with Crippen molar-refractivity contribution in [2.75, 3.05) is 0 Å². The highest BCUT2D eigenvalue weighted by Crippen LogP contribution is 2.17. The van der Waals surface area contributed by atoms with Crippen molar-refractivity contribution in [2.24, 2.45) is 5.92 Å². The largest absolute Gasteiger partial charge is 0.270 e. The summed E-state index contributed by atoms with van der Waals surface area (Å²) in [4.78, 5) is 0. The second-order valence-corrected chi connectivity index (χ2v) is 3.14. The second kappa shape index (κ2) is 4.29. The van der Waals surface area contributed by atoms with Crippen LogP contribution in [-0.2, 0) is 13.0 Å². The molecule has 0 amide bonds. The average Bonchev–Trinajstić information content (AvgIpc) is 2.54. The quantitative estimate of drug-likeness (QED) is 0.579. The Labute approximate surface area is 74.6 Å². The molecule has 2 nitrogen and oxygen atoms in total. The summed E-state index contributed by atoms with van der Waals surface area (Å²) in [6, 6.07) is 2.12. The van der Waals surface area contributed by atoms with E-state index in [2.05, 4.69) is 22.8 Å². The summed E-state index contributed by atoms with van der Waals surface area (Å²) in [7, 11) is 0. The van der Waals surface area contributed by atoms with E-state index < -0.39 is 0 Å². The van der Waals surface area contributed by atoms with Gasteiger partial charge < -0.3 is 0 Å². The van der Waals surface area contributed by atoms with Crippen molar-refractivity contribution in [3.05, 3.63) is 18.0 Å². The zero-order valence-corrected chi connectivity index (χ0v) is 8.25. The lowest BCUT2D eigenvalue weighted by atomic mass is 9.99. The Balaban J connectivity index is 0.000000336. The molecule has 1 aromatic rings. The fourth-order valence-corrected chi connectivity index (χ4v) is 1.54. The van der Waals surface area contributed by atoms with Crippen molar-refractivity contribution in [2.45, 2.75) is 40.2 Å². The summed E-state index contributed by atoms with van der Waals surface area (Å²) < 4.78 is 2.11. The highest BCUT2D eigenvalue weighted by Gasteiger charge is 2.13. The van der Waals surface area contributed by atoms with E-state index in [1.807, 2.05) is 20.0 Å². The molecule has 0 spiro atoms. The topological polar surface area (TPSA) is 17.8 Å². The standard InChI is InChI=1S/C8H12N2.C2H6/c1-7-3-5-10-8(6-7)2-4-9-10;1-2/h2,4,7H,3,5-6H2,1H3;1-2H3. The predicted octanol–water partition coefficient (Wildman–Crippen LogP) is 2.49.